The number of aryl methyl sites for hydroxylation is 1. The molecule has 190 valence electrons. The van der Waals surface area contributed by atoms with Gasteiger partial charge in [0.2, 0.25) is 0 Å². The van der Waals surface area contributed by atoms with Gasteiger partial charge in [-0.3, -0.25) is 9.59 Å². The predicted molar refractivity (Wildman–Crippen MR) is 140 cm³/mol. The van der Waals surface area contributed by atoms with Gasteiger partial charge in [-0.05, 0) is 67.9 Å². The lowest BCUT2D eigenvalue weighted by atomic mass is 9.81. The van der Waals surface area contributed by atoms with Gasteiger partial charge in [-0.15, -0.1) is 11.3 Å². The van der Waals surface area contributed by atoms with Crippen molar-refractivity contribution in [1.82, 2.24) is 9.88 Å². The van der Waals surface area contributed by atoms with Crippen LogP contribution in [-0.4, -0.2) is 39.8 Å². The van der Waals surface area contributed by atoms with Crippen LogP contribution in [0.4, 0.5) is 4.39 Å². The van der Waals surface area contributed by atoms with E-state index in [-0.39, 0.29) is 35.8 Å². The summed E-state index contributed by atoms with van der Waals surface area (Å²) in [5.41, 5.74) is 2.73. The van der Waals surface area contributed by atoms with Gasteiger partial charge in [0.05, 0.1) is 12.6 Å². The lowest BCUT2D eigenvalue weighted by Crippen LogP contribution is -2.31. The maximum absolute atomic E-state index is 13.4. The Hall–Kier alpha value is -2.90. The molecule has 1 heterocycles. The van der Waals surface area contributed by atoms with E-state index in [0.717, 1.165) is 41.9 Å². The summed E-state index contributed by atoms with van der Waals surface area (Å²) in [6, 6.07) is 13.1. The van der Waals surface area contributed by atoms with Crippen molar-refractivity contribution >= 4 is 23.0 Å². The molecule has 2 aromatic carbocycles. The Balaban J connectivity index is 1.48. The number of thiazole rings is 1. The number of hydrogen-bond acceptors (Lipinski definition) is 5. The summed E-state index contributed by atoms with van der Waals surface area (Å²) in [5, 5.41) is 14.0. The van der Waals surface area contributed by atoms with E-state index >= 15 is 0 Å². The van der Waals surface area contributed by atoms with Gasteiger partial charge in [-0.2, -0.15) is 0 Å². The van der Waals surface area contributed by atoms with Crippen LogP contribution in [0.3, 0.4) is 0 Å². The number of amides is 1. The number of ketones is 1. The number of Topliss-reactive ketones (excluding diaryl/α,β-unsaturated/α-hetero) is 1. The molecule has 3 aromatic rings. The molecule has 0 aliphatic heterocycles. The summed E-state index contributed by atoms with van der Waals surface area (Å²) in [7, 11) is 1.73. The monoisotopic (exact) mass is 508 g/mol. The van der Waals surface area contributed by atoms with Gasteiger partial charge in [0.15, 0.2) is 5.78 Å². The van der Waals surface area contributed by atoms with Gasteiger partial charge >= 0.3 is 0 Å². The number of hydrogen-bond donors (Lipinski definition) is 1. The standard InChI is InChI=1S/C29H33FN2O3S/c1-19-18-36-27(31-19)17-32(2)29(35)23-9-5-8-22(15-23)26(33)16-24(28(34)21-6-3-4-7-21)14-20-10-12-25(30)13-11-20/h5,8-13,15,18,21,24,28,34H,3-4,6-7,14,16-17H2,1-2H3/t24-,28-/m1/s1. The first kappa shape index (κ1) is 26.2. The molecular weight excluding hydrogens is 475 g/mol. The molecule has 0 saturated heterocycles. The minimum atomic E-state index is -0.598. The summed E-state index contributed by atoms with van der Waals surface area (Å²) in [5.74, 6) is -0.682. The molecule has 1 amide bonds. The molecule has 36 heavy (non-hydrogen) atoms. The van der Waals surface area contributed by atoms with Crippen molar-refractivity contribution in [1.29, 1.82) is 0 Å². The fourth-order valence-corrected chi connectivity index (χ4v) is 5.90. The van der Waals surface area contributed by atoms with Crippen molar-refractivity contribution < 1.29 is 19.1 Å². The highest BCUT2D eigenvalue weighted by atomic mass is 32.1. The van der Waals surface area contributed by atoms with Crippen molar-refractivity contribution in [2.24, 2.45) is 11.8 Å². The second-order valence-corrected chi connectivity index (χ2v) is 10.8. The number of carbonyl (C=O) groups is 2. The number of nitrogens with zero attached hydrogens (tertiary/aromatic N) is 2. The lowest BCUT2D eigenvalue weighted by molar-refractivity contribution is 0.0456. The molecule has 0 unspecified atom stereocenters. The molecule has 1 fully saturated rings. The van der Waals surface area contributed by atoms with Gasteiger partial charge in [-0.25, -0.2) is 9.37 Å². The van der Waals surface area contributed by atoms with Gasteiger partial charge in [-0.1, -0.05) is 37.1 Å². The zero-order chi connectivity index (χ0) is 25.7. The van der Waals surface area contributed by atoms with Crippen LogP contribution in [0.1, 0.15) is 69.1 Å². The molecule has 0 bridgehead atoms. The number of aliphatic hydroxyl groups is 1. The van der Waals surface area contributed by atoms with Crippen LogP contribution < -0.4 is 0 Å². The number of aromatic nitrogens is 1. The average Bonchev–Trinajstić information content (AvgIpc) is 3.56. The molecule has 1 aliphatic rings. The molecular formula is C29H33FN2O3S. The van der Waals surface area contributed by atoms with E-state index in [2.05, 4.69) is 4.98 Å². The average molecular weight is 509 g/mol. The van der Waals surface area contributed by atoms with Gasteiger partial charge in [0.1, 0.15) is 10.8 Å². The Morgan fingerprint density at radius 2 is 1.83 bits per heavy atom. The van der Waals surface area contributed by atoms with Crippen molar-refractivity contribution in [2.45, 2.75) is 58.1 Å². The fourth-order valence-electron chi connectivity index (χ4n) is 5.07. The minimum Gasteiger partial charge on any atom is -0.393 e. The first-order valence-corrected chi connectivity index (χ1v) is 13.4. The molecule has 0 radical (unpaired) electrons. The van der Waals surface area contributed by atoms with Crippen molar-refractivity contribution in [3.8, 4) is 0 Å². The van der Waals surface area contributed by atoms with Crippen molar-refractivity contribution in [3.63, 3.8) is 0 Å². The van der Waals surface area contributed by atoms with Gasteiger partial charge < -0.3 is 10.0 Å². The molecule has 2 atom stereocenters. The zero-order valence-corrected chi connectivity index (χ0v) is 21.6. The molecule has 7 heteroatoms. The number of halogens is 1. The SMILES string of the molecule is Cc1csc(CN(C)C(=O)c2cccc(C(=O)C[C@@H](Cc3ccc(F)cc3)[C@H](O)C3CCCC3)c2)n1. The van der Waals surface area contributed by atoms with Gasteiger partial charge in [0, 0.05) is 35.7 Å². The maximum atomic E-state index is 13.4. The lowest BCUT2D eigenvalue weighted by Gasteiger charge is -2.27. The largest absolute Gasteiger partial charge is 0.393 e. The molecule has 5 nitrogen and oxygen atoms in total. The van der Waals surface area contributed by atoms with Crippen molar-refractivity contribution in [2.75, 3.05) is 7.05 Å². The smallest absolute Gasteiger partial charge is 0.253 e. The Bertz CT molecular complexity index is 1190. The van der Waals surface area contributed by atoms with E-state index in [0.29, 0.717) is 24.1 Å². The van der Waals surface area contributed by atoms with Crippen LogP contribution in [0.2, 0.25) is 0 Å². The normalized spacial score (nSPS) is 15.6. The van der Waals surface area contributed by atoms with Crippen LogP contribution in [0.25, 0.3) is 0 Å². The van der Waals surface area contributed by atoms with E-state index < -0.39 is 6.10 Å². The summed E-state index contributed by atoms with van der Waals surface area (Å²) >= 11 is 1.52. The van der Waals surface area contributed by atoms with Crippen molar-refractivity contribution in [3.05, 3.63) is 87.1 Å². The Morgan fingerprint density at radius 1 is 1.14 bits per heavy atom. The number of benzene rings is 2. The van der Waals surface area contributed by atoms with E-state index in [1.165, 1.54) is 23.5 Å². The second kappa shape index (κ2) is 11.9. The number of carbonyl (C=O) groups excluding carboxylic acids is 2. The van der Waals surface area contributed by atoms with Crippen LogP contribution in [0.15, 0.2) is 53.9 Å². The zero-order valence-electron chi connectivity index (χ0n) is 20.8. The highest BCUT2D eigenvalue weighted by molar-refractivity contribution is 7.09. The molecule has 1 aromatic heterocycles. The Morgan fingerprint density at radius 3 is 2.50 bits per heavy atom. The number of aliphatic hydroxyl groups excluding tert-OH is 1. The molecule has 0 spiro atoms. The third-order valence-corrected chi connectivity index (χ3v) is 7.99. The quantitative estimate of drug-likeness (QED) is 0.349. The number of rotatable bonds is 10. The van der Waals surface area contributed by atoms with Crippen LogP contribution in [-0.2, 0) is 13.0 Å². The summed E-state index contributed by atoms with van der Waals surface area (Å²) < 4.78 is 13.4. The van der Waals surface area contributed by atoms with E-state index in [4.69, 9.17) is 0 Å². The van der Waals surface area contributed by atoms with Crippen LogP contribution >= 0.6 is 11.3 Å². The topological polar surface area (TPSA) is 70.5 Å². The Labute approximate surface area is 216 Å². The Kier molecular flexibility index (Phi) is 8.64. The summed E-state index contributed by atoms with van der Waals surface area (Å²) in [4.78, 5) is 32.4. The second-order valence-electron chi connectivity index (χ2n) is 9.88. The molecule has 4 rings (SSSR count). The predicted octanol–water partition coefficient (Wildman–Crippen LogP) is 5.85. The molecule has 1 aliphatic carbocycles. The first-order chi connectivity index (χ1) is 17.3. The highest BCUT2D eigenvalue weighted by Gasteiger charge is 2.32. The van der Waals surface area contributed by atoms with Crippen LogP contribution in [0, 0.1) is 24.6 Å². The summed E-state index contributed by atoms with van der Waals surface area (Å²) in [6.45, 7) is 2.33. The first-order valence-electron chi connectivity index (χ1n) is 12.5. The molecule has 1 N–H and O–H groups in total. The fraction of sp³-hybridized carbons (Fsp3) is 0.414. The maximum Gasteiger partial charge on any atom is 0.253 e. The van der Waals surface area contributed by atoms with Crippen LogP contribution in [0.5, 0.6) is 0 Å². The molecule has 1 saturated carbocycles. The van der Waals surface area contributed by atoms with E-state index in [1.54, 1.807) is 48.3 Å². The van der Waals surface area contributed by atoms with E-state index in [1.807, 2.05) is 12.3 Å². The highest BCUT2D eigenvalue weighted by Crippen LogP contribution is 2.34. The minimum absolute atomic E-state index is 0.105. The van der Waals surface area contributed by atoms with Gasteiger partial charge in [0.25, 0.3) is 5.91 Å². The third-order valence-electron chi connectivity index (χ3n) is 7.04. The summed E-state index contributed by atoms with van der Waals surface area (Å²) in [6.07, 6.45) is 4.18. The third kappa shape index (κ3) is 6.65. The van der Waals surface area contributed by atoms with E-state index in [9.17, 15) is 19.1 Å².